The van der Waals surface area contributed by atoms with Gasteiger partial charge in [0.25, 0.3) is 0 Å². The van der Waals surface area contributed by atoms with Crippen molar-refractivity contribution in [2.45, 2.75) is 36.6 Å². The summed E-state index contributed by atoms with van der Waals surface area (Å²) in [6, 6.07) is 7.26. The van der Waals surface area contributed by atoms with Crippen LogP contribution in [0.5, 0.6) is 0 Å². The molecular weight excluding hydrogens is 470 g/mol. The molecule has 2 aliphatic carbocycles. The van der Waals surface area contributed by atoms with Crippen molar-refractivity contribution >= 4 is 64.8 Å². The normalized spacial score (nSPS) is 24.4. The molecule has 22 heavy (non-hydrogen) atoms. The van der Waals surface area contributed by atoms with E-state index in [1.165, 1.54) is 33.1 Å². The summed E-state index contributed by atoms with van der Waals surface area (Å²) in [5.74, 6) is 0. The Hall–Kier alpha value is -0.320. The zero-order valence-electron chi connectivity index (χ0n) is 12.0. The van der Waals surface area contributed by atoms with Crippen LogP contribution in [0.4, 0.5) is 0 Å². The maximum Gasteiger partial charge on any atom is 0.0491 e. The predicted octanol–water partition coefficient (Wildman–Crippen LogP) is 6.74. The van der Waals surface area contributed by atoms with Gasteiger partial charge in [-0.15, -0.1) is 0 Å². The quantitative estimate of drug-likeness (QED) is 0.394. The van der Waals surface area contributed by atoms with E-state index in [-0.39, 0.29) is 0 Å². The Bertz CT molecular complexity index is 800. The van der Waals surface area contributed by atoms with Crippen molar-refractivity contribution < 1.29 is 0 Å². The molecule has 2 atom stereocenters. The average molecular weight is 486 g/mol. The summed E-state index contributed by atoms with van der Waals surface area (Å²) in [5.41, 5.74) is 4.25. The Morgan fingerprint density at radius 1 is 1.18 bits per heavy atom. The smallest absolute Gasteiger partial charge is 0.0491 e. The van der Waals surface area contributed by atoms with E-state index < -0.39 is 0 Å². The Morgan fingerprint density at radius 3 is 2.82 bits per heavy atom. The van der Waals surface area contributed by atoms with Gasteiger partial charge in [-0.05, 0) is 60.0 Å². The van der Waals surface area contributed by atoms with E-state index in [2.05, 4.69) is 88.8 Å². The van der Waals surface area contributed by atoms with Crippen LogP contribution in [0, 0.1) is 0 Å². The molecule has 0 saturated carbocycles. The van der Waals surface area contributed by atoms with Gasteiger partial charge in [0.2, 0.25) is 0 Å². The minimum atomic E-state index is 0.443. The number of halogens is 3. The van der Waals surface area contributed by atoms with E-state index in [1.54, 1.807) is 0 Å². The van der Waals surface area contributed by atoms with Gasteiger partial charge in [-0.2, -0.15) is 0 Å². The summed E-state index contributed by atoms with van der Waals surface area (Å²) in [6.07, 6.45) is 11.4. The number of benzene rings is 1. The van der Waals surface area contributed by atoms with Crippen LogP contribution in [0.15, 0.2) is 39.3 Å². The molecule has 1 aromatic carbocycles. The highest BCUT2D eigenvalue weighted by molar-refractivity contribution is 9.11. The number of hydrogen-bond donors (Lipinski definition) is 0. The highest BCUT2D eigenvalue weighted by atomic mass is 79.9. The minimum Gasteiger partial charge on any atom is -0.337 e. The molecule has 2 aliphatic rings. The molecular formula is C18H16Br3N. The second-order valence-corrected chi connectivity index (χ2v) is 9.16. The number of nitrogens with zero attached hydrogens (tertiary/aromatic N) is 1. The predicted molar refractivity (Wildman–Crippen MR) is 105 cm³/mol. The van der Waals surface area contributed by atoms with Gasteiger partial charge >= 0.3 is 0 Å². The fraction of sp³-hybridized carbons (Fsp3) is 0.333. The molecule has 1 nitrogen and oxygen atoms in total. The summed E-state index contributed by atoms with van der Waals surface area (Å²) in [5, 5.41) is 1.40. The van der Waals surface area contributed by atoms with E-state index in [4.69, 9.17) is 0 Å². The summed E-state index contributed by atoms with van der Waals surface area (Å²) < 4.78 is 5.09. The number of aromatic nitrogens is 1. The molecule has 0 radical (unpaired) electrons. The highest BCUT2D eigenvalue weighted by Crippen LogP contribution is 2.40. The van der Waals surface area contributed by atoms with Crippen LogP contribution >= 0.6 is 47.8 Å². The maximum atomic E-state index is 3.75. The second kappa shape index (κ2) is 5.95. The fourth-order valence-electron chi connectivity index (χ4n) is 3.64. The SMILES string of the molecule is BrC1=CCC(n2c3c(c4cc(Br)ccc42)CC(Br)C=C3)CC1. The van der Waals surface area contributed by atoms with Crippen LogP contribution in [0.1, 0.15) is 36.6 Å². The van der Waals surface area contributed by atoms with Gasteiger partial charge in [-0.25, -0.2) is 0 Å². The first kappa shape index (κ1) is 15.2. The Morgan fingerprint density at radius 2 is 2.05 bits per heavy atom. The summed E-state index contributed by atoms with van der Waals surface area (Å²) in [6.45, 7) is 0. The first-order valence-electron chi connectivity index (χ1n) is 7.62. The lowest BCUT2D eigenvalue weighted by molar-refractivity contribution is 0.469. The number of rotatable bonds is 1. The molecule has 0 saturated heterocycles. The van der Waals surface area contributed by atoms with Crippen LogP contribution in [0.2, 0.25) is 0 Å². The van der Waals surface area contributed by atoms with Gasteiger partial charge in [0, 0.05) is 31.9 Å². The molecule has 4 rings (SSSR count). The molecule has 0 amide bonds. The third-order valence-corrected chi connectivity index (χ3v) is 6.51. The molecule has 0 N–H and O–H groups in total. The molecule has 2 aromatic rings. The van der Waals surface area contributed by atoms with Gasteiger partial charge in [0.15, 0.2) is 0 Å². The summed E-state index contributed by atoms with van der Waals surface area (Å²) in [7, 11) is 0. The Balaban J connectivity index is 1.93. The first-order valence-corrected chi connectivity index (χ1v) is 10.1. The number of alkyl halides is 1. The lowest BCUT2D eigenvalue weighted by Gasteiger charge is -2.25. The molecule has 114 valence electrons. The molecule has 0 bridgehead atoms. The molecule has 1 heterocycles. The van der Waals surface area contributed by atoms with Crippen molar-refractivity contribution in [3.8, 4) is 0 Å². The van der Waals surface area contributed by atoms with Gasteiger partial charge < -0.3 is 4.57 Å². The largest absolute Gasteiger partial charge is 0.337 e. The summed E-state index contributed by atoms with van der Waals surface area (Å²) in [4.78, 5) is 0.443. The average Bonchev–Trinajstić information content (AvgIpc) is 2.81. The van der Waals surface area contributed by atoms with Crippen molar-refractivity contribution in [1.82, 2.24) is 4.57 Å². The van der Waals surface area contributed by atoms with Crippen molar-refractivity contribution in [3.63, 3.8) is 0 Å². The van der Waals surface area contributed by atoms with Crippen LogP contribution < -0.4 is 0 Å². The molecule has 1 aromatic heterocycles. The van der Waals surface area contributed by atoms with E-state index in [9.17, 15) is 0 Å². The van der Waals surface area contributed by atoms with Crippen molar-refractivity contribution in [1.29, 1.82) is 0 Å². The second-order valence-electron chi connectivity index (χ2n) is 6.05. The fourth-order valence-corrected chi connectivity index (χ4v) is 4.90. The van der Waals surface area contributed by atoms with Crippen LogP contribution in [-0.2, 0) is 6.42 Å². The highest BCUT2D eigenvalue weighted by Gasteiger charge is 2.25. The molecule has 0 fully saturated rings. The van der Waals surface area contributed by atoms with Crippen LogP contribution in [0.25, 0.3) is 17.0 Å². The van der Waals surface area contributed by atoms with E-state index in [1.807, 2.05) is 0 Å². The van der Waals surface area contributed by atoms with E-state index >= 15 is 0 Å². The Labute approximate surface area is 155 Å². The third kappa shape index (κ3) is 2.57. The first-order chi connectivity index (χ1) is 10.6. The Kier molecular flexibility index (Phi) is 4.12. The lowest BCUT2D eigenvalue weighted by Crippen LogP contribution is -2.14. The van der Waals surface area contributed by atoms with Crippen LogP contribution in [0.3, 0.4) is 0 Å². The van der Waals surface area contributed by atoms with Gasteiger partial charge in [0.05, 0.1) is 0 Å². The lowest BCUT2D eigenvalue weighted by atomic mass is 9.99. The zero-order chi connectivity index (χ0) is 15.3. The monoisotopic (exact) mass is 483 g/mol. The van der Waals surface area contributed by atoms with Crippen molar-refractivity contribution in [3.05, 3.63) is 50.6 Å². The van der Waals surface area contributed by atoms with E-state index in [0.29, 0.717) is 10.9 Å². The third-order valence-electron chi connectivity index (χ3n) is 4.67. The van der Waals surface area contributed by atoms with Crippen molar-refractivity contribution in [2.24, 2.45) is 0 Å². The van der Waals surface area contributed by atoms with Crippen LogP contribution in [-0.4, -0.2) is 9.39 Å². The molecule has 2 unspecified atom stereocenters. The molecule has 4 heteroatoms. The van der Waals surface area contributed by atoms with E-state index in [0.717, 1.165) is 23.7 Å². The number of fused-ring (bicyclic) bond motifs is 3. The molecule has 0 spiro atoms. The standard InChI is InChI=1S/C18H16Br3N/c19-11-1-5-14(6-2-11)22-17-7-3-12(20)9-15(17)16-10-13(21)4-8-18(16)22/h1,3-4,7-9,13-14H,2,5-6,10H2. The maximum absolute atomic E-state index is 3.75. The van der Waals surface area contributed by atoms with Gasteiger partial charge in [-0.3, -0.25) is 0 Å². The minimum absolute atomic E-state index is 0.443. The topological polar surface area (TPSA) is 4.93 Å². The number of hydrogen-bond acceptors (Lipinski definition) is 0. The summed E-state index contributed by atoms with van der Waals surface area (Å²) >= 11 is 11.0. The van der Waals surface area contributed by atoms with Gasteiger partial charge in [0.1, 0.15) is 0 Å². The number of allylic oxidation sites excluding steroid dienone is 3. The molecule has 0 aliphatic heterocycles. The zero-order valence-corrected chi connectivity index (χ0v) is 16.8. The van der Waals surface area contributed by atoms with Crippen molar-refractivity contribution in [2.75, 3.05) is 0 Å². The van der Waals surface area contributed by atoms with Gasteiger partial charge in [-0.1, -0.05) is 59.9 Å².